The number of methoxy groups -OCH3 is 1. The Hall–Kier alpha value is -2.80. The van der Waals surface area contributed by atoms with E-state index in [1.807, 2.05) is 42.5 Å². The fourth-order valence-electron chi connectivity index (χ4n) is 2.05. The number of carbonyl (C=O) groups excluding carboxylic acids is 1. The van der Waals surface area contributed by atoms with Crippen LogP contribution in [0, 0.1) is 0 Å². The quantitative estimate of drug-likeness (QED) is 0.692. The third-order valence-electron chi connectivity index (χ3n) is 3.18. The van der Waals surface area contributed by atoms with E-state index in [2.05, 4.69) is 15.5 Å². The van der Waals surface area contributed by atoms with E-state index >= 15 is 0 Å². The molecule has 2 aromatic carbocycles. The second-order valence-electron chi connectivity index (χ2n) is 4.84. The summed E-state index contributed by atoms with van der Waals surface area (Å²) in [5.74, 6) is 1.44. The van der Waals surface area contributed by atoms with Gasteiger partial charge >= 0.3 is 0 Å². The normalized spacial score (nSPS) is 10.4. The van der Waals surface area contributed by atoms with Crippen molar-refractivity contribution in [2.45, 2.75) is 4.90 Å². The summed E-state index contributed by atoms with van der Waals surface area (Å²) < 4.78 is 10.3. The summed E-state index contributed by atoms with van der Waals surface area (Å²) in [4.78, 5) is 13.1. The molecule has 122 valence electrons. The van der Waals surface area contributed by atoms with E-state index < -0.39 is 0 Å². The van der Waals surface area contributed by atoms with Crippen LogP contribution in [0.5, 0.6) is 5.75 Å². The molecule has 7 heteroatoms. The van der Waals surface area contributed by atoms with Crippen LogP contribution in [-0.2, 0) is 4.79 Å². The molecule has 3 aromatic rings. The summed E-state index contributed by atoms with van der Waals surface area (Å²) in [6, 6.07) is 14.9. The van der Waals surface area contributed by atoms with E-state index in [0.29, 0.717) is 17.3 Å². The number of benzene rings is 2. The third kappa shape index (κ3) is 4.14. The van der Waals surface area contributed by atoms with Gasteiger partial charge in [-0.05, 0) is 42.5 Å². The maximum absolute atomic E-state index is 12.1. The average Bonchev–Trinajstić information content (AvgIpc) is 3.15. The summed E-state index contributed by atoms with van der Waals surface area (Å²) >= 11 is 1.46. The highest BCUT2D eigenvalue weighted by molar-refractivity contribution is 8.00. The van der Waals surface area contributed by atoms with Gasteiger partial charge in [-0.1, -0.05) is 6.07 Å². The van der Waals surface area contributed by atoms with Gasteiger partial charge in [-0.15, -0.1) is 22.0 Å². The second kappa shape index (κ2) is 7.65. The van der Waals surface area contributed by atoms with Crippen LogP contribution in [0.25, 0.3) is 11.5 Å². The zero-order valence-corrected chi connectivity index (χ0v) is 13.7. The molecule has 0 aliphatic carbocycles. The Bertz CT molecular complexity index is 804. The lowest BCUT2D eigenvalue weighted by Gasteiger charge is -2.06. The van der Waals surface area contributed by atoms with Crippen molar-refractivity contribution in [2.75, 3.05) is 18.2 Å². The summed E-state index contributed by atoms with van der Waals surface area (Å²) in [6.45, 7) is 0. The predicted molar refractivity (Wildman–Crippen MR) is 92.1 cm³/mol. The zero-order chi connectivity index (χ0) is 16.8. The van der Waals surface area contributed by atoms with Gasteiger partial charge in [-0.25, -0.2) is 0 Å². The van der Waals surface area contributed by atoms with Crippen molar-refractivity contribution in [3.8, 4) is 17.2 Å². The van der Waals surface area contributed by atoms with Gasteiger partial charge in [0.15, 0.2) is 0 Å². The van der Waals surface area contributed by atoms with Gasteiger partial charge in [0.2, 0.25) is 18.2 Å². The number of thioether (sulfide) groups is 1. The van der Waals surface area contributed by atoms with Crippen LogP contribution in [-0.4, -0.2) is 29.0 Å². The Kier molecular flexibility index (Phi) is 5.12. The molecule has 0 aliphatic heterocycles. The number of nitrogens with zero attached hydrogens (tertiary/aromatic N) is 2. The number of rotatable bonds is 6. The van der Waals surface area contributed by atoms with Crippen molar-refractivity contribution >= 4 is 23.4 Å². The molecule has 0 fully saturated rings. The number of carbonyl (C=O) groups is 1. The van der Waals surface area contributed by atoms with Crippen molar-refractivity contribution in [3.05, 3.63) is 54.9 Å². The molecule has 0 spiro atoms. The highest BCUT2D eigenvalue weighted by atomic mass is 32.2. The predicted octanol–water partition coefficient (Wildman–Crippen LogP) is 3.48. The first-order valence-corrected chi connectivity index (χ1v) is 8.16. The van der Waals surface area contributed by atoms with Crippen molar-refractivity contribution in [1.29, 1.82) is 0 Å². The molecule has 0 bridgehead atoms. The van der Waals surface area contributed by atoms with Gasteiger partial charge < -0.3 is 14.5 Å². The van der Waals surface area contributed by atoms with Crippen molar-refractivity contribution < 1.29 is 13.9 Å². The summed E-state index contributed by atoms with van der Waals surface area (Å²) in [5, 5.41) is 10.4. The van der Waals surface area contributed by atoms with Crippen LogP contribution in [0.4, 0.5) is 5.69 Å². The number of hydrogen-bond donors (Lipinski definition) is 1. The van der Waals surface area contributed by atoms with E-state index in [4.69, 9.17) is 9.15 Å². The summed E-state index contributed by atoms with van der Waals surface area (Å²) in [7, 11) is 1.62. The minimum Gasteiger partial charge on any atom is -0.497 e. The largest absolute Gasteiger partial charge is 0.497 e. The molecule has 0 atom stereocenters. The lowest BCUT2D eigenvalue weighted by Crippen LogP contribution is -2.13. The number of ether oxygens (including phenoxy) is 1. The maximum atomic E-state index is 12.1. The van der Waals surface area contributed by atoms with Crippen LogP contribution in [0.2, 0.25) is 0 Å². The number of aromatic nitrogens is 2. The molecule has 0 aliphatic rings. The van der Waals surface area contributed by atoms with Crippen LogP contribution < -0.4 is 10.1 Å². The minimum atomic E-state index is -0.0847. The Morgan fingerprint density at radius 1 is 1.25 bits per heavy atom. The Morgan fingerprint density at radius 3 is 2.79 bits per heavy atom. The molecular weight excluding hydrogens is 326 g/mol. The highest BCUT2D eigenvalue weighted by Gasteiger charge is 2.07. The molecule has 1 N–H and O–H groups in total. The average molecular weight is 341 g/mol. The maximum Gasteiger partial charge on any atom is 0.247 e. The Morgan fingerprint density at radius 2 is 2.08 bits per heavy atom. The third-order valence-corrected chi connectivity index (χ3v) is 4.19. The first-order chi connectivity index (χ1) is 11.7. The van der Waals surface area contributed by atoms with Gasteiger partial charge in [0.05, 0.1) is 12.9 Å². The zero-order valence-electron chi connectivity index (χ0n) is 12.9. The molecule has 3 rings (SSSR count). The first kappa shape index (κ1) is 16.1. The van der Waals surface area contributed by atoms with Gasteiger partial charge in [0, 0.05) is 16.1 Å². The fraction of sp³-hybridized carbons (Fsp3) is 0.118. The lowest BCUT2D eigenvalue weighted by atomic mass is 10.2. The lowest BCUT2D eigenvalue weighted by molar-refractivity contribution is -0.113. The standard InChI is InChI=1S/C17H15N3O3S/c1-22-14-5-7-15(8-6-14)24-10-16(21)19-13-4-2-3-12(9-13)17-20-18-11-23-17/h2-9,11H,10H2,1H3,(H,19,21). The Balaban J connectivity index is 1.57. The van der Waals surface area contributed by atoms with Crippen LogP contribution >= 0.6 is 11.8 Å². The van der Waals surface area contributed by atoms with E-state index in [9.17, 15) is 4.79 Å². The molecule has 0 unspecified atom stereocenters. The second-order valence-corrected chi connectivity index (χ2v) is 5.89. The van der Waals surface area contributed by atoms with E-state index in [0.717, 1.165) is 16.2 Å². The highest BCUT2D eigenvalue weighted by Crippen LogP contribution is 2.23. The van der Waals surface area contributed by atoms with Gasteiger partial charge in [0.25, 0.3) is 0 Å². The first-order valence-electron chi connectivity index (χ1n) is 7.18. The van der Waals surface area contributed by atoms with Crippen molar-refractivity contribution in [3.63, 3.8) is 0 Å². The smallest absolute Gasteiger partial charge is 0.247 e. The molecule has 0 saturated carbocycles. The number of hydrogen-bond acceptors (Lipinski definition) is 6. The molecule has 0 radical (unpaired) electrons. The number of amides is 1. The van der Waals surface area contributed by atoms with Gasteiger partial charge in [-0.3, -0.25) is 4.79 Å². The van der Waals surface area contributed by atoms with Crippen molar-refractivity contribution in [1.82, 2.24) is 10.2 Å². The monoisotopic (exact) mass is 341 g/mol. The molecule has 24 heavy (non-hydrogen) atoms. The van der Waals surface area contributed by atoms with Crippen LogP contribution in [0.3, 0.4) is 0 Å². The number of anilines is 1. The fourth-order valence-corrected chi connectivity index (χ4v) is 2.75. The van der Waals surface area contributed by atoms with Crippen LogP contribution in [0.1, 0.15) is 0 Å². The molecule has 1 amide bonds. The molecular formula is C17H15N3O3S. The number of nitrogens with one attached hydrogen (secondary N) is 1. The summed E-state index contributed by atoms with van der Waals surface area (Å²) in [6.07, 6.45) is 1.27. The van der Waals surface area contributed by atoms with E-state index in [1.54, 1.807) is 13.2 Å². The summed E-state index contributed by atoms with van der Waals surface area (Å²) in [5.41, 5.74) is 1.44. The minimum absolute atomic E-state index is 0.0847. The van der Waals surface area contributed by atoms with Gasteiger partial charge in [0.1, 0.15) is 5.75 Å². The van der Waals surface area contributed by atoms with Gasteiger partial charge in [-0.2, -0.15) is 0 Å². The SMILES string of the molecule is COc1ccc(SCC(=O)Nc2cccc(-c3nnco3)c2)cc1. The van der Waals surface area contributed by atoms with Crippen LogP contribution in [0.15, 0.2) is 64.2 Å². The van der Waals surface area contributed by atoms with E-state index in [-0.39, 0.29) is 5.91 Å². The van der Waals surface area contributed by atoms with E-state index in [1.165, 1.54) is 18.2 Å². The topological polar surface area (TPSA) is 77.2 Å². The molecule has 0 saturated heterocycles. The van der Waals surface area contributed by atoms with Crippen molar-refractivity contribution in [2.24, 2.45) is 0 Å². The molecule has 1 aromatic heterocycles. The molecule has 6 nitrogen and oxygen atoms in total. The molecule has 1 heterocycles. The Labute approximate surface area is 143 Å².